The minimum absolute atomic E-state index is 0.588. The van der Waals surface area contributed by atoms with Crippen molar-refractivity contribution in [1.29, 1.82) is 0 Å². The maximum atomic E-state index is 5.67. The summed E-state index contributed by atoms with van der Waals surface area (Å²) in [6.45, 7) is 8.51. The Hall–Kier alpha value is -0.580. The summed E-state index contributed by atoms with van der Waals surface area (Å²) < 4.78 is 1.12. The highest BCUT2D eigenvalue weighted by Gasteiger charge is 2.16. The van der Waals surface area contributed by atoms with Gasteiger partial charge in [-0.3, -0.25) is 0 Å². The number of nitrogens with zero attached hydrogens (tertiary/aromatic N) is 2. The first-order chi connectivity index (χ1) is 8.24. The summed E-state index contributed by atoms with van der Waals surface area (Å²) >= 11 is 3.58. The van der Waals surface area contributed by atoms with E-state index in [0.29, 0.717) is 6.54 Å². The first-order valence-electron chi connectivity index (χ1n) is 6.20. The standard InChI is InChI=1S/C13H20BrN3/c1-2-16-5-7-17(8-6-16)12-4-3-11(10-15)13(14)9-12/h3-4,9H,2,5-8,10,15H2,1H3. The van der Waals surface area contributed by atoms with Crippen LogP contribution in [0, 0.1) is 0 Å². The van der Waals surface area contributed by atoms with E-state index < -0.39 is 0 Å². The van der Waals surface area contributed by atoms with Crippen LogP contribution in [-0.4, -0.2) is 37.6 Å². The van der Waals surface area contributed by atoms with Crippen molar-refractivity contribution in [3.8, 4) is 0 Å². The summed E-state index contributed by atoms with van der Waals surface area (Å²) in [7, 11) is 0. The van der Waals surface area contributed by atoms with Crippen molar-refractivity contribution in [1.82, 2.24) is 4.90 Å². The van der Waals surface area contributed by atoms with Crippen LogP contribution in [0.3, 0.4) is 0 Å². The highest BCUT2D eigenvalue weighted by Crippen LogP contribution is 2.24. The molecule has 1 aromatic rings. The third-order valence-corrected chi connectivity index (χ3v) is 4.18. The lowest BCUT2D eigenvalue weighted by molar-refractivity contribution is 0.271. The molecule has 94 valence electrons. The zero-order valence-electron chi connectivity index (χ0n) is 10.3. The van der Waals surface area contributed by atoms with Crippen LogP contribution in [0.1, 0.15) is 12.5 Å². The van der Waals surface area contributed by atoms with Gasteiger partial charge in [-0.15, -0.1) is 0 Å². The van der Waals surface area contributed by atoms with Gasteiger partial charge in [0.2, 0.25) is 0 Å². The Labute approximate surface area is 112 Å². The average Bonchev–Trinajstić information content (AvgIpc) is 2.39. The number of likely N-dealkylation sites (N-methyl/N-ethyl adjacent to an activating group) is 1. The number of rotatable bonds is 3. The molecule has 0 atom stereocenters. The van der Waals surface area contributed by atoms with Crippen LogP contribution in [0.4, 0.5) is 5.69 Å². The molecule has 2 rings (SSSR count). The van der Waals surface area contributed by atoms with Crippen molar-refractivity contribution in [2.24, 2.45) is 5.73 Å². The third-order valence-electron chi connectivity index (χ3n) is 3.44. The van der Waals surface area contributed by atoms with Crippen molar-refractivity contribution in [2.45, 2.75) is 13.5 Å². The maximum absolute atomic E-state index is 5.67. The van der Waals surface area contributed by atoms with E-state index in [1.807, 2.05) is 0 Å². The summed E-state index contributed by atoms with van der Waals surface area (Å²) in [4.78, 5) is 4.93. The number of halogens is 1. The van der Waals surface area contributed by atoms with Crippen LogP contribution in [0.25, 0.3) is 0 Å². The predicted octanol–water partition coefficient (Wildman–Crippen LogP) is 2.05. The lowest BCUT2D eigenvalue weighted by Gasteiger charge is -2.35. The molecule has 1 aliphatic rings. The normalized spacial score (nSPS) is 17.5. The van der Waals surface area contributed by atoms with Crippen LogP contribution in [0.2, 0.25) is 0 Å². The molecule has 0 unspecified atom stereocenters. The smallest absolute Gasteiger partial charge is 0.0378 e. The van der Waals surface area contributed by atoms with Crippen molar-refractivity contribution in [3.63, 3.8) is 0 Å². The van der Waals surface area contributed by atoms with Crippen molar-refractivity contribution < 1.29 is 0 Å². The molecule has 3 nitrogen and oxygen atoms in total. The van der Waals surface area contributed by atoms with Crippen LogP contribution in [0.15, 0.2) is 22.7 Å². The van der Waals surface area contributed by atoms with Gasteiger partial charge in [-0.05, 0) is 24.2 Å². The Balaban J connectivity index is 2.06. The topological polar surface area (TPSA) is 32.5 Å². The van der Waals surface area contributed by atoms with Crippen molar-refractivity contribution >= 4 is 21.6 Å². The molecule has 0 spiro atoms. The molecule has 1 saturated heterocycles. The van der Waals surface area contributed by atoms with Gasteiger partial charge in [-0.1, -0.05) is 28.9 Å². The first kappa shape index (κ1) is 12.9. The van der Waals surface area contributed by atoms with Gasteiger partial charge < -0.3 is 15.5 Å². The Morgan fingerprint density at radius 1 is 1.24 bits per heavy atom. The van der Waals surface area contributed by atoms with Crippen LogP contribution >= 0.6 is 15.9 Å². The minimum atomic E-state index is 0.588. The lowest BCUT2D eigenvalue weighted by Crippen LogP contribution is -2.46. The second kappa shape index (κ2) is 5.85. The van der Waals surface area contributed by atoms with Gasteiger partial charge >= 0.3 is 0 Å². The Kier molecular flexibility index (Phi) is 4.42. The second-order valence-corrected chi connectivity index (χ2v) is 5.26. The number of anilines is 1. The van der Waals surface area contributed by atoms with E-state index in [-0.39, 0.29) is 0 Å². The molecule has 1 heterocycles. The molecule has 1 aliphatic heterocycles. The molecule has 0 aliphatic carbocycles. The van der Waals surface area contributed by atoms with E-state index in [4.69, 9.17) is 5.73 Å². The number of nitrogens with two attached hydrogens (primary N) is 1. The Bertz CT molecular complexity index is 373. The predicted molar refractivity (Wildman–Crippen MR) is 76.4 cm³/mol. The molecule has 0 radical (unpaired) electrons. The number of hydrogen-bond acceptors (Lipinski definition) is 3. The van der Waals surface area contributed by atoms with Crippen molar-refractivity contribution in [3.05, 3.63) is 28.2 Å². The Morgan fingerprint density at radius 3 is 2.47 bits per heavy atom. The third kappa shape index (κ3) is 3.00. The quantitative estimate of drug-likeness (QED) is 0.927. The first-order valence-corrected chi connectivity index (χ1v) is 6.99. The fourth-order valence-corrected chi connectivity index (χ4v) is 2.75. The molecule has 2 N–H and O–H groups in total. The summed E-state index contributed by atoms with van der Waals surface area (Å²) in [5, 5.41) is 0. The highest BCUT2D eigenvalue weighted by atomic mass is 79.9. The van der Waals surface area contributed by atoms with E-state index >= 15 is 0 Å². The minimum Gasteiger partial charge on any atom is -0.369 e. The molecule has 17 heavy (non-hydrogen) atoms. The summed E-state index contributed by atoms with van der Waals surface area (Å²) in [5.41, 5.74) is 8.13. The number of piperazine rings is 1. The fourth-order valence-electron chi connectivity index (χ4n) is 2.22. The van der Waals surface area contributed by atoms with Gasteiger partial charge in [0, 0.05) is 42.9 Å². The number of hydrogen-bond donors (Lipinski definition) is 1. The zero-order valence-corrected chi connectivity index (χ0v) is 11.9. The van der Waals surface area contributed by atoms with E-state index in [9.17, 15) is 0 Å². The van der Waals surface area contributed by atoms with Crippen LogP contribution in [0.5, 0.6) is 0 Å². The molecule has 0 aromatic heterocycles. The van der Waals surface area contributed by atoms with E-state index in [1.54, 1.807) is 0 Å². The largest absolute Gasteiger partial charge is 0.369 e. The summed E-state index contributed by atoms with van der Waals surface area (Å²) in [6.07, 6.45) is 0. The van der Waals surface area contributed by atoms with Gasteiger partial charge in [0.1, 0.15) is 0 Å². The van der Waals surface area contributed by atoms with Crippen LogP contribution < -0.4 is 10.6 Å². The molecule has 0 amide bonds. The molecular formula is C13H20BrN3. The van der Waals surface area contributed by atoms with Gasteiger partial charge in [-0.2, -0.15) is 0 Å². The Morgan fingerprint density at radius 2 is 1.94 bits per heavy atom. The van der Waals surface area contributed by atoms with Gasteiger partial charge in [0.05, 0.1) is 0 Å². The van der Waals surface area contributed by atoms with E-state index in [1.165, 1.54) is 11.3 Å². The van der Waals surface area contributed by atoms with Gasteiger partial charge in [0.15, 0.2) is 0 Å². The van der Waals surface area contributed by atoms with Gasteiger partial charge in [-0.25, -0.2) is 0 Å². The molecule has 0 bridgehead atoms. The maximum Gasteiger partial charge on any atom is 0.0378 e. The highest BCUT2D eigenvalue weighted by molar-refractivity contribution is 9.10. The molecule has 4 heteroatoms. The average molecular weight is 298 g/mol. The summed E-state index contributed by atoms with van der Waals surface area (Å²) in [5.74, 6) is 0. The number of benzene rings is 1. The monoisotopic (exact) mass is 297 g/mol. The molecular weight excluding hydrogens is 278 g/mol. The lowest BCUT2D eigenvalue weighted by atomic mass is 10.2. The molecule has 1 aromatic carbocycles. The second-order valence-electron chi connectivity index (χ2n) is 4.40. The van der Waals surface area contributed by atoms with E-state index in [0.717, 1.165) is 37.2 Å². The summed E-state index contributed by atoms with van der Waals surface area (Å²) in [6, 6.07) is 6.48. The fraction of sp³-hybridized carbons (Fsp3) is 0.538. The van der Waals surface area contributed by atoms with Crippen molar-refractivity contribution in [2.75, 3.05) is 37.6 Å². The molecule has 1 fully saturated rings. The van der Waals surface area contributed by atoms with Crippen LogP contribution in [-0.2, 0) is 6.54 Å². The molecule has 0 saturated carbocycles. The zero-order chi connectivity index (χ0) is 12.3. The SMILES string of the molecule is CCN1CCN(c2ccc(CN)c(Br)c2)CC1. The van der Waals surface area contributed by atoms with Gasteiger partial charge in [0.25, 0.3) is 0 Å². The van der Waals surface area contributed by atoms with E-state index in [2.05, 4.69) is 50.9 Å².